The molecule has 0 aliphatic carbocycles. The van der Waals surface area contributed by atoms with E-state index in [2.05, 4.69) is 34.0 Å². The fourth-order valence-electron chi connectivity index (χ4n) is 2.11. The van der Waals surface area contributed by atoms with Gasteiger partial charge in [-0.1, -0.05) is 27.7 Å². The van der Waals surface area contributed by atoms with Crippen LogP contribution in [0.4, 0.5) is 0 Å². The maximum absolute atomic E-state index is 6.39. The van der Waals surface area contributed by atoms with Gasteiger partial charge in [-0.05, 0) is 30.9 Å². The van der Waals surface area contributed by atoms with E-state index < -0.39 is 0 Å². The Labute approximate surface area is 87.9 Å². The summed E-state index contributed by atoms with van der Waals surface area (Å²) in [5.74, 6) is 2.50. The largest absolute Gasteiger partial charge is 0.324 e. The summed E-state index contributed by atoms with van der Waals surface area (Å²) in [6, 6.07) is 0. The lowest BCUT2D eigenvalue weighted by atomic mass is 9.84. The molecular formula is C11H25NS. The number of hydrogen-bond donors (Lipinski definition) is 1. The molecule has 80 valence electrons. The zero-order chi connectivity index (χ0) is 10.5. The maximum Gasteiger partial charge on any atom is 0.0250 e. The molecule has 0 saturated carbocycles. The molecule has 0 aliphatic rings. The second kappa shape index (κ2) is 5.92. The van der Waals surface area contributed by atoms with E-state index in [-0.39, 0.29) is 5.54 Å². The Bertz CT molecular complexity index is 122. The molecule has 2 heteroatoms. The Kier molecular flexibility index (Phi) is 6.06. The predicted octanol–water partition coefficient (Wildman–Crippen LogP) is 3.14. The van der Waals surface area contributed by atoms with E-state index in [1.807, 2.05) is 11.8 Å². The SMILES string of the molecule is CSCC(N)(CC(C)C)CC(C)C. The average Bonchev–Trinajstić information content (AvgIpc) is 1.81. The third-order valence-electron chi connectivity index (χ3n) is 2.06. The fraction of sp³-hybridized carbons (Fsp3) is 1.00. The number of thioether (sulfide) groups is 1. The molecule has 2 N–H and O–H groups in total. The van der Waals surface area contributed by atoms with Crippen molar-refractivity contribution in [3.05, 3.63) is 0 Å². The summed E-state index contributed by atoms with van der Waals surface area (Å²) in [7, 11) is 0. The summed E-state index contributed by atoms with van der Waals surface area (Å²) in [4.78, 5) is 0. The summed E-state index contributed by atoms with van der Waals surface area (Å²) < 4.78 is 0. The standard InChI is InChI=1S/C11H25NS/c1-9(2)6-11(12,8-13-5)7-10(3)4/h9-10H,6-8,12H2,1-5H3. The van der Waals surface area contributed by atoms with Gasteiger partial charge in [0.25, 0.3) is 0 Å². The number of nitrogens with two attached hydrogens (primary N) is 1. The van der Waals surface area contributed by atoms with Crippen LogP contribution >= 0.6 is 11.8 Å². The molecule has 0 aliphatic heterocycles. The van der Waals surface area contributed by atoms with Gasteiger partial charge in [-0.3, -0.25) is 0 Å². The number of rotatable bonds is 6. The van der Waals surface area contributed by atoms with Gasteiger partial charge < -0.3 is 5.73 Å². The predicted molar refractivity (Wildman–Crippen MR) is 64.2 cm³/mol. The van der Waals surface area contributed by atoms with E-state index in [0.29, 0.717) is 11.8 Å². The van der Waals surface area contributed by atoms with Crippen LogP contribution in [0.3, 0.4) is 0 Å². The normalized spacial score (nSPS) is 12.9. The van der Waals surface area contributed by atoms with Crippen LogP contribution in [0.15, 0.2) is 0 Å². The van der Waals surface area contributed by atoms with E-state index in [9.17, 15) is 0 Å². The van der Waals surface area contributed by atoms with Crippen LogP contribution in [0.25, 0.3) is 0 Å². The molecule has 0 bridgehead atoms. The van der Waals surface area contributed by atoms with Gasteiger partial charge in [-0.2, -0.15) is 11.8 Å². The molecule has 0 aromatic rings. The smallest absolute Gasteiger partial charge is 0.0250 e. The van der Waals surface area contributed by atoms with Gasteiger partial charge in [-0.15, -0.1) is 0 Å². The molecule has 0 aromatic carbocycles. The summed E-state index contributed by atoms with van der Waals surface area (Å²) in [6.07, 6.45) is 4.43. The molecule has 0 heterocycles. The highest BCUT2D eigenvalue weighted by molar-refractivity contribution is 7.98. The minimum absolute atomic E-state index is 0.0573. The van der Waals surface area contributed by atoms with E-state index in [4.69, 9.17) is 5.73 Å². The van der Waals surface area contributed by atoms with Gasteiger partial charge in [0.1, 0.15) is 0 Å². The zero-order valence-corrected chi connectivity index (χ0v) is 10.6. The lowest BCUT2D eigenvalue weighted by Crippen LogP contribution is -2.44. The summed E-state index contributed by atoms with van der Waals surface area (Å²) in [5.41, 5.74) is 6.45. The lowest BCUT2D eigenvalue weighted by Gasteiger charge is -2.32. The van der Waals surface area contributed by atoms with Crippen LogP contribution in [-0.2, 0) is 0 Å². The quantitative estimate of drug-likeness (QED) is 0.718. The van der Waals surface area contributed by atoms with E-state index in [0.717, 1.165) is 18.6 Å². The molecule has 0 saturated heterocycles. The molecule has 0 amide bonds. The molecule has 0 aromatic heterocycles. The van der Waals surface area contributed by atoms with Crippen molar-refractivity contribution >= 4 is 11.8 Å². The Morgan fingerprint density at radius 3 is 1.69 bits per heavy atom. The third-order valence-corrected chi connectivity index (χ3v) is 2.92. The molecule has 0 spiro atoms. The van der Waals surface area contributed by atoms with Crippen molar-refractivity contribution in [2.75, 3.05) is 12.0 Å². The minimum Gasteiger partial charge on any atom is -0.324 e. The van der Waals surface area contributed by atoms with Gasteiger partial charge in [-0.25, -0.2) is 0 Å². The van der Waals surface area contributed by atoms with Gasteiger partial charge >= 0.3 is 0 Å². The molecule has 1 nitrogen and oxygen atoms in total. The maximum atomic E-state index is 6.39. The molecule has 0 radical (unpaired) electrons. The van der Waals surface area contributed by atoms with Crippen molar-refractivity contribution < 1.29 is 0 Å². The lowest BCUT2D eigenvalue weighted by molar-refractivity contribution is 0.315. The van der Waals surface area contributed by atoms with Crippen LogP contribution in [0, 0.1) is 11.8 Å². The monoisotopic (exact) mass is 203 g/mol. The fourth-order valence-corrected chi connectivity index (χ4v) is 2.93. The first kappa shape index (κ1) is 13.3. The van der Waals surface area contributed by atoms with Gasteiger partial charge in [0.2, 0.25) is 0 Å². The second-order valence-corrected chi connectivity index (χ2v) is 5.86. The van der Waals surface area contributed by atoms with E-state index in [1.165, 1.54) is 0 Å². The molecule has 0 atom stereocenters. The summed E-state index contributed by atoms with van der Waals surface area (Å²) >= 11 is 1.87. The van der Waals surface area contributed by atoms with Crippen molar-refractivity contribution in [3.63, 3.8) is 0 Å². The van der Waals surface area contributed by atoms with Gasteiger partial charge in [0.05, 0.1) is 0 Å². The van der Waals surface area contributed by atoms with Gasteiger partial charge in [0.15, 0.2) is 0 Å². The topological polar surface area (TPSA) is 26.0 Å². The Morgan fingerprint density at radius 1 is 1.08 bits per heavy atom. The summed E-state index contributed by atoms with van der Waals surface area (Å²) in [5, 5.41) is 0. The minimum atomic E-state index is 0.0573. The van der Waals surface area contributed by atoms with Gasteiger partial charge in [0, 0.05) is 11.3 Å². The molecule has 13 heavy (non-hydrogen) atoms. The van der Waals surface area contributed by atoms with Crippen molar-refractivity contribution in [2.24, 2.45) is 17.6 Å². The van der Waals surface area contributed by atoms with Crippen LogP contribution in [0.1, 0.15) is 40.5 Å². The van der Waals surface area contributed by atoms with Crippen LogP contribution < -0.4 is 5.73 Å². The average molecular weight is 203 g/mol. The Morgan fingerprint density at radius 2 is 1.46 bits per heavy atom. The molecule has 0 unspecified atom stereocenters. The van der Waals surface area contributed by atoms with E-state index >= 15 is 0 Å². The first-order chi connectivity index (χ1) is 5.89. The molecule has 0 rings (SSSR count). The van der Waals surface area contributed by atoms with Crippen LogP contribution in [0.5, 0.6) is 0 Å². The Balaban J connectivity index is 4.15. The highest BCUT2D eigenvalue weighted by atomic mass is 32.2. The zero-order valence-electron chi connectivity index (χ0n) is 9.76. The first-order valence-electron chi connectivity index (χ1n) is 5.17. The third kappa shape index (κ3) is 6.39. The highest BCUT2D eigenvalue weighted by Crippen LogP contribution is 2.25. The van der Waals surface area contributed by atoms with Crippen LogP contribution in [-0.4, -0.2) is 17.5 Å². The van der Waals surface area contributed by atoms with Crippen LogP contribution in [0.2, 0.25) is 0 Å². The van der Waals surface area contributed by atoms with Crippen molar-refractivity contribution in [1.29, 1.82) is 0 Å². The summed E-state index contributed by atoms with van der Waals surface area (Å²) in [6.45, 7) is 9.01. The van der Waals surface area contributed by atoms with Crippen molar-refractivity contribution in [2.45, 2.75) is 46.1 Å². The highest BCUT2D eigenvalue weighted by Gasteiger charge is 2.26. The second-order valence-electron chi connectivity index (χ2n) is 4.99. The molecular weight excluding hydrogens is 178 g/mol. The first-order valence-corrected chi connectivity index (χ1v) is 6.57. The van der Waals surface area contributed by atoms with Crippen molar-refractivity contribution in [3.8, 4) is 0 Å². The molecule has 0 fully saturated rings. The van der Waals surface area contributed by atoms with E-state index in [1.54, 1.807) is 0 Å². The van der Waals surface area contributed by atoms with Crippen molar-refractivity contribution in [1.82, 2.24) is 0 Å². The Hall–Kier alpha value is 0.310. The number of hydrogen-bond acceptors (Lipinski definition) is 2.